The van der Waals surface area contributed by atoms with Crippen LogP contribution in [0.15, 0.2) is 0 Å². The molecule has 0 heterocycles. The average Bonchev–Trinajstić information content (AvgIpc) is 1.80. The average molecular weight is 171 g/mol. The lowest BCUT2D eigenvalue weighted by Crippen LogP contribution is -2.67. The summed E-state index contributed by atoms with van der Waals surface area (Å²) < 4.78 is 13.1. The molecule has 2 bridgehead atoms. The van der Waals surface area contributed by atoms with Crippen LogP contribution in [-0.4, -0.2) is 18.8 Å². The van der Waals surface area contributed by atoms with Crippen LogP contribution in [0, 0.1) is 11.3 Å². The summed E-state index contributed by atoms with van der Waals surface area (Å²) in [5.41, 5.74) is -0.344. The van der Waals surface area contributed by atoms with Crippen LogP contribution < -0.4 is 5.32 Å². The Balaban J connectivity index is 1.64. The van der Waals surface area contributed by atoms with Crippen LogP contribution in [0.4, 0.5) is 4.39 Å². The molecule has 0 aliphatic heterocycles. The maximum atomic E-state index is 13.1. The van der Waals surface area contributed by atoms with Crippen molar-refractivity contribution in [3.05, 3.63) is 0 Å². The van der Waals surface area contributed by atoms with Gasteiger partial charge in [0, 0.05) is 6.54 Å². The molecule has 3 saturated carbocycles. The van der Waals surface area contributed by atoms with Crippen LogP contribution in [-0.2, 0) is 0 Å². The van der Waals surface area contributed by atoms with Gasteiger partial charge in [-0.3, -0.25) is 0 Å². The first-order valence-corrected chi connectivity index (χ1v) is 4.93. The first kappa shape index (κ1) is 8.49. The summed E-state index contributed by atoms with van der Waals surface area (Å²) in [5.74, 6) is 0.705. The highest BCUT2D eigenvalue weighted by Crippen LogP contribution is 2.69. The Morgan fingerprint density at radius 3 is 2.33 bits per heavy atom. The van der Waals surface area contributed by atoms with E-state index in [-0.39, 0.29) is 0 Å². The van der Waals surface area contributed by atoms with E-state index in [2.05, 4.69) is 19.2 Å². The monoisotopic (exact) mass is 171 g/mol. The van der Waals surface area contributed by atoms with Gasteiger partial charge in [-0.2, -0.15) is 0 Å². The zero-order valence-electron chi connectivity index (χ0n) is 7.99. The minimum Gasteiger partial charge on any atom is -0.316 e. The van der Waals surface area contributed by atoms with Gasteiger partial charge in [-0.05, 0) is 37.1 Å². The number of rotatable bonds is 4. The van der Waals surface area contributed by atoms with E-state index in [4.69, 9.17) is 0 Å². The van der Waals surface area contributed by atoms with Gasteiger partial charge in [-0.25, -0.2) is 4.39 Å². The maximum absolute atomic E-state index is 13.1. The molecule has 1 N–H and O–H groups in total. The van der Waals surface area contributed by atoms with Crippen molar-refractivity contribution < 1.29 is 4.39 Å². The largest absolute Gasteiger partial charge is 0.316 e. The third-order valence-corrected chi connectivity index (χ3v) is 3.13. The van der Waals surface area contributed by atoms with Crippen molar-refractivity contribution >= 4 is 0 Å². The Morgan fingerprint density at radius 2 is 1.92 bits per heavy atom. The number of nitrogens with one attached hydrogen (secondary N) is 1. The lowest BCUT2D eigenvalue weighted by Gasteiger charge is -2.66. The van der Waals surface area contributed by atoms with Crippen LogP contribution in [0.5, 0.6) is 0 Å². The van der Waals surface area contributed by atoms with Crippen molar-refractivity contribution in [2.45, 2.75) is 38.8 Å². The molecule has 0 aromatic carbocycles. The van der Waals surface area contributed by atoms with E-state index < -0.39 is 5.67 Å². The SMILES string of the molecule is CC(C)CNCC12CC(F)(C1)C2. The summed E-state index contributed by atoms with van der Waals surface area (Å²) in [5, 5.41) is 3.42. The summed E-state index contributed by atoms with van der Waals surface area (Å²) in [7, 11) is 0. The fourth-order valence-electron chi connectivity index (χ4n) is 2.67. The fraction of sp³-hybridized carbons (Fsp3) is 1.00. The van der Waals surface area contributed by atoms with Gasteiger partial charge in [-0.1, -0.05) is 13.8 Å². The molecule has 70 valence electrons. The van der Waals surface area contributed by atoms with Crippen LogP contribution in [0.1, 0.15) is 33.1 Å². The van der Waals surface area contributed by atoms with E-state index in [1.54, 1.807) is 0 Å². The predicted molar refractivity (Wildman–Crippen MR) is 47.8 cm³/mol. The highest BCUT2D eigenvalue weighted by atomic mass is 19.1. The van der Waals surface area contributed by atoms with Gasteiger partial charge >= 0.3 is 0 Å². The molecule has 0 amide bonds. The number of hydrogen-bond acceptors (Lipinski definition) is 1. The highest BCUT2D eigenvalue weighted by Gasteiger charge is 2.68. The molecule has 0 aromatic rings. The Hall–Kier alpha value is -0.110. The van der Waals surface area contributed by atoms with Crippen molar-refractivity contribution in [2.75, 3.05) is 13.1 Å². The molecule has 2 heteroatoms. The second-order valence-electron chi connectivity index (χ2n) is 5.21. The molecular formula is C10H18FN. The van der Waals surface area contributed by atoms with E-state index in [0.717, 1.165) is 32.4 Å². The summed E-state index contributed by atoms with van der Waals surface area (Å²) in [6.45, 7) is 6.51. The molecule has 3 rings (SSSR count). The summed E-state index contributed by atoms with van der Waals surface area (Å²) in [6, 6.07) is 0. The van der Waals surface area contributed by atoms with Crippen molar-refractivity contribution in [1.29, 1.82) is 0 Å². The quantitative estimate of drug-likeness (QED) is 0.683. The Labute approximate surface area is 73.7 Å². The molecule has 0 unspecified atom stereocenters. The number of hydrogen-bond donors (Lipinski definition) is 1. The van der Waals surface area contributed by atoms with Crippen LogP contribution in [0.2, 0.25) is 0 Å². The first-order chi connectivity index (χ1) is 5.54. The lowest BCUT2D eigenvalue weighted by atomic mass is 9.42. The van der Waals surface area contributed by atoms with Gasteiger partial charge in [-0.15, -0.1) is 0 Å². The molecule has 3 fully saturated rings. The van der Waals surface area contributed by atoms with Gasteiger partial charge in [0.2, 0.25) is 0 Å². The second-order valence-corrected chi connectivity index (χ2v) is 5.21. The summed E-state index contributed by atoms with van der Waals surface area (Å²) in [4.78, 5) is 0. The molecule has 0 atom stereocenters. The van der Waals surface area contributed by atoms with Gasteiger partial charge in [0.1, 0.15) is 5.67 Å². The van der Waals surface area contributed by atoms with Crippen LogP contribution in [0.3, 0.4) is 0 Å². The third kappa shape index (κ3) is 1.26. The van der Waals surface area contributed by atoms with Crippen molar-refractivity contribution in [1.82, 2.24) is 5.32 Å². The maximum Gasteiger partial charge on any atom is 0.112 e. The van der Waals surface area contributed by atoms with Gasteiger partial charge in [0.15, 0.2) is 0 Å². The lowest BCUT2D eigenvalue weighted by molar-refractivity contribution is -0.209. The van der Waals surface area contributed by atoms with Crippen LogP contribution in [0.25, 0.3) is 0 Å². The van der Waals surface area contributed by atoms with Crippen molar-refractivity contribution in [2.24, 2.45) is 11.3 Å². The van der Waals surface area contributed by atoms with Crippen LogP contribution >= 0.6 is 0 Å². The standard InChI is InChI=1S/C10H18FN/c1-8(2)3-12-7-9-4-10(11,5-9)6-9/h8,12H,3-7H2,1-2H3. The zero-order valence-corrected chi connectivity index (χ0v) is 7.99. The minimum absolute atomic E-state index is 0.379. The van der Waals surface area contributed by atoms with E-state index in [9.17, 15) is 4.39 Å². The molecule has 3 aliphatic carbocycles. The van der Waals surface area contributed by atoms with Crippen molar-refractivity contribution in [3.63, 3.8) is 0 Å². The van der Waals surface area contributed by atoms with Crippen molar-refractivity contribution in [3.8, 4) is 0 Å². The first-order valence-electron chi connectivity index (χ1n) is 4.93. The van der Waals surface area contributed by atoms with E-state index in [1.165, 1.54) is 0 Å². The zero-order chi connectivity index (χ0) is 8.82. The number of halogens is 1. The van der Waals surface area contributed by atoms with E-state index in [1.807, 2.05) is 0 Å². The van der Waals surface area contributed by atoms with E-state index in [0.29, 0.717) is 11.3 Å². The molecule has 0 radical (unpaired) electrons. The van der Waals surface area contributed by atoms with Gasteiger partial charge < -0.3 is 5.32 Å². The minimum atomic E-state index is -0.723. The van der Waals surface area contributed by atoms with E-state index >= 15 is 0 Å². The topological polar surface area (TPSA) is 12.0 Å². The molecule has 0 aromatic heterocycles. The summed E-state index contributed by atoms with van der Waals surface area (Å²) >= 11 is 0. The molecule has 0 spiro atoms. The second kappa shape index (κ2) is 2.44. The molecular weight excluding hydrogens is 153 g/mol. The molecule has 1 nitrogen and oxygen atoms in total. The predicted octanol–water partition coefficient (Wildman–Crippen LogP) is 2.12. The number of alkyl halides is 1. The van der Waals surface area contributed by atoms with Gasteiger partial charge in [0.05, 0.1) is 0 Å². The normalized spacial score (nSPS) is 44.0. The fourth-order valence-corrected chi connectivity index (χ4v) is 2.67. The van der Waals surface area contributed by atoms with Gasteiger partial charge in [0.25, 0.3) is 0 Å². The molecule has 12 heavy (non-hydrogen) atoms. The Morgan fingerprint density at radius 1 is 1.33 bits per heavy atom. The molecule has 3 aliphatic rings. The Kier molecular flexibility index (Phi) is 1.73. The highest BCUT2D eigenvalue weighted by molar-refractivity contribution is 5.19. The molecule has 0 saturated heterocycles. The summed E-state index contributed by atoms with van der Waals surface area (Å²) in [6.07, 6.45) is 2.47. The Bertz CT molecular complexity index is 169. The third-order valence-electron chi connectivity index (χ3n) is 3.13. The smallest absolute Gasteiger partial charge is 0.112 e.